The molecule has 0 bridgehead atoms. The van der Waals surface area contributed by atoms with Gasteiger partial charge in [0.15, 0.2) is 0 Å². The van der Waals surface area contributed by atoms with Gasteiger partial charge in [-0.05, 0) is 18.1 Å². The minimum atomic E-state index is -0.993. The average Bonchev–Trinajstić information content (AvgIpc) is 3.54. The largest absolute Gasteiger partial charge is 0.489 e. The molecule has 0 spiro atoms. The van der Waals surface area contributed by atoms with Gasteiger partial charge >= 0.3 is 0 Å². The van der Waals surface area contributed by atoms with Crippen molar-refractivity contribution in [3.8, 4) is 5.75 Å². The topological polar surface area (TPSA) is 102 Å². The van der Waals surface area contributed by atoms with Crippen LogP contribution in [0.5, 0.6) is 5.75 Å². The highest BCUT2D eigenvalue weighted by Crippen LogP contribution is 2.37. The van der Waals surface area contributed by atoms with Crippen molar-refractivity contribution >= 4 is 23.2 Å². The fourth-order valence-corrected chi connectivity index (χ4v) is 4.46. The second-order valence-corrected chi connectivity index (χ2v) is 8.85. The Morgan fingerprint density at radius 2 is 2.06 bits per heavy atom. The van der Waals surface area contributed by atoms with Crippen LogP contribution in [-0.4, -0.2) is 72.6 Å². The third-order valence-electron chi connectivity index (χ3n) is 6.48. The Labute approximate surface area is 207 Å². The van der Waals surface area contributed by atoms with E-state index in [1.807, 2.05) is 35.2 Å². The third kappa shape index (κ3) is 4.74. The molecule has 2 amide bonds. The van der Waals surface area contributed by atoms with E-state index in [1.54, 1.807) is 24.9 Å². The molecule has 0 radical (unpaired) electrons. The van der Waals surface area contributed by atoms with Gasteiger partial charge in [0, 0.05) is 33.3 Å². The highest BCUT2D eigenvalue weighted by molar-refractivity contribution is 6.02. The maximum absolute atomic E-state index is 14.9. The molecule has 11 heteroatoms. The molecule has 2 aliphatic heterocycles. The molecule has 1 fully saturated rings. The number of aromatic nitrogens is 3. The SMILES string of the molecule is CO[C@H]1CCN(c2cc3c(cc2F)OC[C@H](NC(=O)c2ncn(Cc4ccccc4)n2)C(=O)N3C)C1. The van der Waals surface area contributed by atoms with E-state index in [4.69, 9.17) is 9.47 Å². The monoisotopic (exact) mass is 494 g/mol. The number of ether oxygens (including phenoxy) is 2. The molecule has 10 nitrogen and oxygen atoms in total. The van der Waals surface area contributed by atoms with Gasteiger partial charge in [-0.25, -0.2) is 14.1 Å². The second-order valence-electron chi connectivity index (χ2n) is 8.85. The van der Waals surface area contributed by atoms with Crippen molar-refractivity contribution in [2.75, 3.05) is 43.7 Å². The summed E-state index contributed by atoms with van der Waals surface area (Å²) >= 11 is 0. The number of rotatable bonds is 6. The van der Waals surface area contributed by atoms with Gasteiger partial charge < -0.3 is 24.6 Å². The van der Waals surface area contributed by atoms with Crippen molar-refractivity contribution in [1.29, 1.82) is 0 Å². The standard InChI is InChI=1S/C25H27FN6O4/c1-30-21-11-20(31-9-8-17(13-31)35-2)18(26)10-22(21)36-14-19(25(30)34)28-24(33)23-27-15-32(29-23)12-16-6-4-3-5-7-16/h3-7,10-11,15,17,19H,8-9,12-14H2,1-2H3,(H,28,33)/t17-,19-/m0/s1. The maximum atomic E-state index is 14.9. The van der Waals surface area contributed by atoms with E-state index in [9.17, 15) is 14.0 Å². The molecule has 3 heterocycles. The first-order chi connectivity index (χ1) is 17.4. The number of carbonyl (C=O) groups is 2. The van der Waals surface area contributed by atoms with Crippen LogP contribution in [0.3, 0.4) is 0 Å². The molecule has 2 aliphatic rings. The first-order valence-electron chi connectivity index (χ1n) is 11.7. The molecule has 2 atom stereocenters. The molecule has 2 aromatic carbocycles. The molecule has 0 aliphatic carbocycles. The van der Waals surface area contributed by atoms with Crippen molar-refractivity contribution in [2.24, 2.45) is 0 Å². The maximum Gasteiger partial charge on any atom is 0.291 e. The van der Waals surface area contributed by atoms with E-state index in [1.165, 1.54) is 17.3 Å². The van der Waals surface area contributed by atoms with Crippen LogP contribution in [0.1, 0.15) is 22.6 Å². The summed E-state index contributed by atoms with van der Waals surface area (Å²) in [7, 11) is 3.21. The Morgan fingerprint density at radius 1 is 1.25 bits per heavy atom. The zero-order chi connectivity index (χ0) is 25.2. The number of fused-ring (bicyclic) bond motifs is 1. The molecule has 1 saturated heterocycles. The quantitative estimate of drug-likeness (QED) is 0.558. The van der Waals surface area contributed by atoms with E-state index in [0.717, 1.165) is 12.0 Å². The van der Waals surface area contributed by atoms with Gasteiger partial charge in [0.05, 0.1) is 24.0 Å². The van der Waals surface area contributed by atoms with Gasteiger partial charge in [-0.3, -0.25) is 9.59 Å². The van der Waals surface area contributed by atoms with E-state index in [2.05, 4.69) is 15.4 Å². The van der Waals surface area contributed by atoms with Gasteiger partial charge in [0.1, 0.15) is 30.5 Å². The molecule has 188 valence electrons. The summed E-state index contributed by atoms with van der Waals surface area (Å²) in [5, 5.41) is 6.87. The number of likely N-dealkylation sites (N-methyl/N-ethyl adjacent to an activating group) is 1. The predicted octanol–water partition coefficient (Wildman–Crippen LogP) is 1.84. The van der Waals surface area contributed by atoms with Crippen LogP contribution in [0.15, 0.2) is 48.8 Å². The molecule has 1 aromatic heterocycles. The van der Waals surface area contributed by atoms with Crippen LogP contribution in [0, 0.1) is 5.82 Å². The highest BCUT2D eigenvalue weighted by Gasteiger charge is 2.33. The number of methoxy groups -OCH3 is 1. The first-order valence-corrected chi connectivity index (χ1v) is 11.7. The van der Waals surface area contributed by atoms with Crippen LogP contribution >= 0.6 is 0 Å². The first kappa shape index (κ1) is 23.7. The van der Waals surface area contributed by atoms with Crippen molar-refractivity contribution in [1.82, 2.24) is 20.1 Å². The lowest BCUT2D eigenvalue weighted by atomic mass is 10.2. The van der Waals surface area contributed by atoms with E-state index in [-0.39, 0.29) is 30.2 Å². The highest BCUT2D eigenvalue weighted by atomic mass is 19.1. The molecule has 3 aromatic rings. The summed E-state index contributed by atoms with van der Waals surface area (Å²) in [6.45, 7) is 1.52. The van der Waals surface area contributed by atoms with Crippen LogP contribution in [0.4, 0.5) is 15.8 Å². The Morgan fingerprint density at radius 3 is 2.81 bits per heavy atom. The minimum Gasteiger partial charge on any atom is -0.489 e. The summed E-state index contributed by atoms with van der Waals surface area (Å²) < 4.78 is 27.6. The number of carbonyl (C=O) groups excluding carboxylic acids is 2. The summed E-state index contributed by atoms with van der Waals surface area (Å²) in [6.07, 6.45) is 2.29. The number of nitrogens with zero attached hydrogens (tertiary/aromatic N) is 5. The zero-order valence-corrected chi connectivity index (χ0v) is 20.1. The summed E-state index contributed by atoms with van der Waals surface area (Å²) in [5.41, 5.74) is 1.82. The number of anilines is 2. The van der Waals surface area contributed by atoms with Gasteiger partial charge in [-0.1, -0.05) is 30.3 Å². The number of halogens is 1. The summed E-state index contributed by atoms with van der Waals surface area (Å²) in [4.78, 5) is 33.3. The van der Waals surface area contributed by atoms with E-state index < -0.39 is 17.8 Å². The lowest BCUT2D eigenvalue weighted by molar-refractivity contribution is -0.120. The number of hydrogen-bond acceptors (Lipinski definition) is 7. The minimum absolute atomic E-state index is 0.0307. The number of nitrogens with one attached hydrogen (secondary N) is 1. The normalized spacial score (nSPS) is 19.6. The predicted molar refractivity (Wildman–Crippen MR) is 130 cm³/mol. The third-order valence-corrected chi connectivity index (χ3v) is 6.48. The second kappa shape index (κ2) is 9.94. The number of amides is 2. The number of hydrogen-bond donors (Lipinski definition) is 1. The summed E-state index contributed by atoms with van der Waals surface area (Å²) in [5.74, 6) is -1.26. The smallest absolute Gasteiger partial charge is 0.291 e. The Kier molecular flexibility index (Phi) is 6.55. The van der Waals surface area contributed by atoms with E-state index in [0.29, 0.717) is 31.0 Å². The molecule has 1 N–H and O–H groups in total. The molecule has 5 rings (SSSR count). The fourth-order valence-electron chi connectivity index (χ4n) is 4.46. The number of benzene rings is 2. The van der Waals surface area contributed by atoms with Gasteiger partial charge in [0.2, 0.25) is 5.82 Å². The molecule has 0 saturated carbocycles. The van der Waals surface area contributed by atoms with Crippen molar-refractivity contribution in [2.45, 2.75) is 25.1 Å². The van der Waals surface area contributed by atoms with Crippen molar-refractivity contribution in [3.63, 3.8) is 0 Å². The Balaban J connectivity index is 1.29. The average molecular weight is 495 g/mol. The molecule has 36 heavy (non-hydrogen) atoms. The Bertz CT molecular complexity index is 1270. The zero-order valence-electron chi connectivity index (χ0n) is 20.1. The van der Waals surface area contributed by atoms with Gasteiger partial charge in [-0.15, -0.1) is 5.10 Å². The summed E-state index contributed by atoms with van der Waals surface area (Å²) in [6, 6.07) is 11.6. The molecule has 0 unspecified atom stereocenters. The van der Waals surface area contributed by atoms with Crippen LogP contribution < -0.4 is 19.9 Å². The van der Waals surface area contributed by atoms with E-state index >= 15 is 0 Å². The van der Waals surface area contributed by atoms with Crippen LogP contribution in [0.25, 0.3) is 0 Å². The lowest BCUT2D eigenvalue weighted by Crippen LogP contribution is -2.49. The fraction of sp³-hybridized carbons (Fsp3) is 0.360. The molecular formula is C25H27FN6O4. The van der Waals surface area contributed by atoms with Gasteiger partial charge in [0.25, 0.3) is 11.8 Å². The van der Waals surface area contributed by atoms with Crippen LogP contribution in [-0.2, 0) is 16.1 Å². The van der Waals surface area contributed by atoms with Crippen molar-refractivity contribution < 1.29 is 23.5 Å². The van der Waals surface area contributed by atoms with Crippen LogP contribution in [0.2, 0.25) is 0 Å². The van der Waals surface area contributed by atoms with Crippen molar-refractivity contribution in [3.05, 3.63) is 66.0 Å². The van der Waals surface area contributed by atoms with Gasteiger partial charge in [-0.2, -0.15) is 0 Å². The lowest BCUT2D eigenvalue weighted by Gasteiger charge is -2.24. The molecular weight excluding hydrogens is 467 g/mol. The Hall–Kier alpha value is -3.99.